The highest BCUT2D eigenvalue weighted by molar-refractivity contribution is 4.90. The molecule has 0 saturated carbocycles. The lowest BCUT2D eigenvalue weighted by atomic mass is 9.67. The monoisotopic (exact) mass is 341 g/mol. The van der Waals surface area contributed by atoms with Gasteiger partial charge in [0.2, 0.25) is 0 Å². The van der Waals surface area contributed by atoms with Crippen molar-refractivity contribution in [3.63, 3.8) is 0 Å². The zero-order chi connectivity index (χ0) is 19.4. The van der Waals surface area contributed by atoms with Crippen LogP contribution < -0.4 is 5.32 Å². The van der Waals surface area contributed by atoms with Gasteiger partial charge in [0, 0.05) is 12.6 Å². The Labute approximate surface area is 155 Å². The van der Waals surface area contributed by atoms with E-state index in [0.717, 1.165) is 17.9 Å². The number of rotatable bonds is 6. The Bertz CT molecular complexity index is 282. The van der Waals surface area contributed by atoms with Crippen LogP contribution in [0.5, 0.6) is 0 Å². The summed E-state index contributed by atoms with van der Waals surface area (Å²) in [6, 6.07) is 0.728. The highest BCUT2D eigenvalue weighted by Gasteiger charge is 2.36. The van der Waals surface area contributed by atoms with Gasteiger partial charge in [-0.3, -0.25) is 0 Å². The van der Waals surface area contributed by atoms with Crippen molar-refractivity contribution in [1.29, 1.82) is 0 Å². The molecule has 0 bridgehead atoms. The summed E-state index contributed by atoms with van der Waals surface area (Å²) in [6.45, 7) is 26.1. The smallest absolute Gasteiger partial charge is 0.00931 e. The minimum absolute atomic E-state index is 0.473. The molecule has 3 unspecified atom stereocenters. The van der Waals surface area contributed by atoms with Crippen molar-refractivity contribution >= 4 is 0 Å². The van der Waals surface area contributed by atoms with Crippen LogP contribution in [0.4, 0.5) is 0 Å². The van der Waals surface area contributed by atoms with Gasteiger partial charge in [-0.05, 0) is 54.8 Å². The van der Waals surface area contributed by atoms with Gasteiger partial charge >= 0.3 is 0 Å². The van der Waals surface area contributed by atoms with Gasteiger partial charge in [-0.1, -0.05) is 82.6 Å². The normalized spacial score (nSPS) is 25.5. The standard InChI is InChI=1S/C19H39N.2C2H6/c1-8-11-19(7,15(3)4)13-16-10-12-18(5,6)14-20-17(16)9-2;2*1-2/h15-17,20H,8-14H2,1-7H3;2*1-2H3. The average Bonchev–Trinajstić information content (AvgIpc) is 2.70. The SMILES string of the molecule is CC.CC.CCCC(C)(CC1CCC(C)(C)CNC1CC)C(C)C. The van der Waals surface area contributed by atoms with Gasteiger partial charge < -0.3 is 5.32 Å². The molecule has 24 heavy (non-hydrogen) atoms. The van der Waals surface area contributed by atoms with Gasteiger partial charge in [0.25, 0.3) is 0 Å². The maximum atomic E-state index is 3.88. The minimum Gasteiger partial charge on any atom is -0.313 e. The molecule has 1 rings (SSSR count). The molecule has 148 valence electrons. The first-order chi connectivity index (χ1) is 11.2. The Kier molecular flexibility index (Phi) is 14.4. The van der Waals surface area contributed by atoms with E-state index in [-0.39, 0.29) is 0 Å². The molecule has 0 aliphatic carbocycles. The first-order valence-electron chi connectivity index (χ1n) is 11.0. The first kappa shape index (κ1) is 26.2. The van der Waals surface area contributed by atoms with Crippen LogP contribution in [0.15, 0.2) is 0 Å². The molecule has 1 saturated heterocycles. The molecule has 1 aliphatic rings. The summed E-state index contributed by atoms with van der Waals surface area (Å²) < 4.78 is 0. The molecule has 0 radical (unpaired) electrons. The van der Waals surface area contributed by atoms with Crippen LogP contribution in [0.2, 0.25) is 0 Å². The Balaban J connectivity index is 0. The van der Waals surface area contributed by atoms with Crippen LogP contribution >= 0.6 is 0 Å². The van der Waals surface area contributed by atoms with Crippen molar-refractivity contribution in [2.45, 2.75) is 121 Å². The van der Waals surface area contributed by atoms with Crippen LogP contribution in [0.3, 0.4) is 0 Å². The summed E-state index contributed by atoms with van der Waals surface area (Å²) in [7, 11) is 0. The van der Waals surface area contributed by atoms with Crippen molar-refractivity contribution in [2.75, 3.05) is 6.54 Å². The van der Waals surface area contributed by atoms with E-state index >= 15 is 0 Å². The zero-order valence-electron chi connectivity index (χ0n) is 19.2. The van der Waals surface area contributed by atoms with Crippen LogP contribution in [-0.4, -0.2) is 12.6 Å². The Hall–Kier alpha value is -0.0400. The third-order valence-electron chi connectivity index (χ3n) is 5.99. The predicted molar refractivity (Wildman–Crippen MR) is 114 cm³/mol. The summed E-state index contributed by atoms with van der Waals surface area (Å²) >= 11 is 0. The molecular weight excluding hydrogens is 290 g/mol. The van der Waals surface area contributed by atoms with E-state index in [0.29, 0.717) is 10.8 Å². The number of hydrogen-bond acceptors (Lipinski definition) is 1. The number of nitrogens with one attached hydrogen (secondary N) is 1. The third-order valence-corrected chi connectivity index (χ3v) is 5.99. The Morgan fingerprint density at radius 1 is 1.08 bits per heavy atom. The second-order valence-electron chi connectivity index (χ2n) is 8.62. The number of hydrogen-bond donors (Lipinski definition) is 1. The molecule has 0 aromatic carbocycles. The lowest BCUT2D eigenvalue weighted by Gasteiger charge is -2.39. The van der Waals surface area contributed by atoms with E-state index in [1.54, 1.807) is 0 Å². The summed E-state index contributed by atoms with van der Waals surface area (Å²) in [6.07, 6.45) is 8.16. The van der Waals surface area contributed by atoms with E-state index in [2.05, 4.69) is 53.8 Å². The lowest BCUT2D eigenvalue weighted by molar-refractivity contribution is 0.125. The van der Waals surface area contributed by atoms with E-state index in [1.807, 2.05) is 27.7 Å². The van der Waals surface area contributed by atoms with Gasteiger partial charge in [-0.2, -0.15) is 0 Å². The van der Waals surface area contributed by atoms with Crippen LogP contribution in [0, 0.1) is 22.7 Å². The lowest BCUT2D eigenvalue weighted by Crippen LogP contribution is -2.40. The molecule has 1 nitrogen and oxygen atoms in total. The largest absolute Gasteiger partial charge is 0.313 e. The fraction of sp³-hybridized carbons (Fsp3) is 1.00. The second kappa shape index (κ2) is 13.2. The molecular formula is C23H51N. The first-order valence-corrected chi connectivity index (χ1v) is 11.0. The van der Waals surface area contributed by atoms with Gasteiger partial charge in [0.05, 0.1) is 0 Å². The molecule has 0 spiro atoms. The van der Waals surface area contributed by atoms with Crippen molar-refractivity contribution in [3.05, 3.63) is 0 Å². The van der Waals surface area contributed by atoms with Gasteiger partial charge in [-0.15, -0.1) is 0 Å². The van der Waals surface area contributed by atoms with E-state index in [4.69, 9.17) is 0 Å². The maximum Gasteiger partial charge on any atom is 0.00931 e. The molecule has 3 atom stereocenters. The fourth-order valence-corrected chi connectivity index (χ4v) is 3.96. The summed E-state index contributed by atoms with van der Waals surface area (Å²) in [5.74, 6) is 1.65. The molecule has 1 N–H and O–H groups in total. The minimum atomic E-state index is 0.473. The second-order valence-corrected chi connectivity index (χ2v) is 8.62. The van der Waals surface area contributed by atoms with Gasteiger partial charge in [0.15, 0.2) is 0 Å². The van der Waals surface area contributed by atoms with E-state index < -0.39 is 0 Å². The molecule has 1 aliphatic heterocycles. The van der Waals surface area contributed by atoms with Crippen LogP contribution in [-0.2, 0) is 0 Å². The Morgan fingerprint density at radius 3 is 2.04 bits per heavy atom. The highest BCUT2D eigenvalue weighted by atomic mass is 14.9. The summed E-state index contributed by atoms with van der Waals surface area (Å²) in [5.41, 5.74) is 0.990. The summed E-state index contributed by atoms with van der Waals surface area (Å²) in [4.78, 5) is 0. The molecule has 1 heteroatoms. The van der Waals surface area contributed by atoms with Crippen molar-refractivity contribution < 1.29 is 0 Å². The molecule has 1 fully saturated rings. The van der Waals surface area contributed by atoms with Gasteiger partial charge in [0.1, 0.15) is 0 Å². The maximum absolute atomic E-state index is 3.88. The molecule has 1 heterocycles. The van der Waals surface area contributed by atoms with Crippen molar-refractivity contribution in [2.24, 2.45) is 22.7 Å². The average molecular weight is 342 g/mol. The topological polar surface area (TPSA) is 12.0 Å². The molecule has 0 amide bonds. The summed E-state index contributed by atoms with van der Waals surface area (Å²) in [5, 5.41) is 3.88. The van der Waals surface area contributed by atoms with Crippen LogP contribution in [0.1, 0.15) is 115 Å². The highest BCUT2D eigenvalue weighted by Crippen LogP contribution is 2.43. The zero-order valence-corrected chi connectivity index (χ0v) is 19.2. The van der Waals surface area contributed by atoms with Crippen molar-refractivity contribution in [1.82, 2.24) is 5.32 Å². The third kappa shape index (κ3) is 8.88. The fourth-order valence-electron chi connectivity index (χ4n) is 3.96. The van der Waals surface area contributed by atoms with Crippen LogP contribution in [0.25, 0.3) is 0 Å². The Morgan fingerprint density at radius 2 is 1.62 bits per heavy atom. The quantitative estimate of drug-likeness (QED) is 0.522. The van der Waals surface area contributed by atoms with E-state index in [1.165, 1.54) is 45.1 Å². The van der Waals surface area contributed by atoms with Gasteiger partial charge in [-0.25, -0.2) is 0 Å². The molecule has 0 aromatic heterocycles. The van der Waals surface area contributed by atoms with Crippen molar-refractivity contribution in [3.8, 4) is 0 Å². The predicted octanol–water partition coefficient (Wildman–Crippen LogP) is 7.70. The van der Waals surface area contributed by atoms with E-state index in [9.17, 15) is 0 Å². The molecule has 0 aromatic rings.